The molecule has 1 saturated heterocycles. The standard InChI is InChI=1S/C17H25F2N3O3S/c1-17(2,3)20-15(23)12-21-8-5-9-22(11-10-21)26(24,25)16-13(18)6-4-7-14(16)19/h4,6-7H,5,8-12H2,1-3H3,(H,20,23). The predicted octanol–water partition coefficient (Wildman–Crippen LogP) is 1.58. The molecule has 9 heteroatoms. The van der Waals surface area contributed by atoms with Crippen molar-refractivity contribution in [3.63, 3.8) is 0 Å². The summed E-state index contributed by atoms with van der Waals surface area (Å²) < 4.78 is 54.2. The highest BCUT2D eigenvalue weighted by Gasteiger charge is 2.32. The zero-order valence-corrected chi connectivity index (χ0v) is 16.1. The minimum Gasteiger partial charge on any atom is -0.350 e. The van der Waals surface area contributed by atoms with Crippen LogP contribution in [0.5, 0.6) is 0 Å². The fourth-order valence-corrected chi connectivity index (χ4v) is 4.44. The number of benzene rings is 1. The molecule has 0 aliphatic carbocycles. The Hall–Kier alpha value is -1.58. The summed E-state index contributed by atoms with van der Waals surface area (Å²) in [6, 6.07) is 2.98. The lowest BCUT2D eigenvalue weighted by Crippen LogP contribution is -2.46. The first-order valence-corrected chi connectivity index (χ1v) is 9.92. The van der Waals surface area contributed by atoms with Crippen molar-refractivity contribution in [1.29, 1.82) is 0 Å². The number of amides is 1. The lowest BCUT2D eigenvalue weighted by Gasteiger charge is -2.25. The van der Waals surface area contributed by atoms with Crippen molar-refractivity contribution in [2.75, 3.05) is 32.7 Å². The van der Waals surface area contributed by atoms with Crippen molar-refractivity contribution in [1.82, 2.24) is 14.5 Å². The molecule has 6 nitrogen and oxygen atoms in total. The van der Waals surface area contributed by atoms with Crippen LogP contribution >= 0.6 is 0 Å². The average Bonchev–Trinajstić information content (AvgIpc) is 2.70. The molecule has 0 spiro atoms. The number of nitrogens with zero attached hydrogens (tertiary/aromatic N) is 2. The largest absolute Gasteiger partial charge is 0.350 e. The van der Waals surface area contributed by atoms with Crippen LogP contribution in [0.25, 0.3) is 0 Å². The Bertz CT molecular complexity index is 743. The van der Waals surface area contributed by atoms with Gasteiger partial charge in [-0.25, -0.2) is 17.2 Å². The van der Waals surface area contributed by atoms with E-state index in [1.807, 2.05) is 25.7 Å². The Morgan fingerprint density at radius 1 is 1.12 bits per heavy atom. The van der Waals surface area contributed by atoms with Gasteiger partial charge in [0.25, 0.3) is 0 Å². The van der Waals surface area contributed by atoms with Gasteiger partial charge in [0.1, 0.15) is 11.6 Å². The maximum absolute atomic E-state index is 13.9. The van der Waals surface area contributed by atoms with Crippen LogP contribution in [0.2, 0.25) is 0 Å². The monoisotopic (exact) mass is 389 g/mol. The molecule has 1 heterocycles. The number of rotatable bonds is 4. The number of nitrogens with one attached hydrogen (secondary N) is 1. The van der Waals surface area contributed by atoms with Crippen LogP contribution in [0.1, 0.15) is 27.2 Å². The number of carbonyl (C=O) groups excluding carboxylic acids is 1. The van der Waals surface area contributed by atoms with Crippen molar-refractivity contribution in [3.05, 3.63) is 29.8 Å². The highest BCUT2D eigenvalue weighted by molar-refractivity contribution is 7.89. The van der Waals surface area contributed by atoms with Gasteiger partial charge in [-0.15, -0.1) is 0 Å². The van der Waals surface area contributed by atoms with Crippen LogP contribution in [0.15, 0.2) is 23.1 Å². The molecular weight excluding hydrogens is 364 g/mol. The second kappa shape index (κ2) is 7.98. The summed E-state index contributed by atoms with van der Waals surface area (Å²) in [4.78, 5) is 13.0. The van der Waals surface area contributed by atoms with Crippen molar-refractivity contribution < 1.29 is 22.0 Å². The van der Waals surface area contributed by atoms with Gasteiger partial charge < -0.3 is 5.32 Å². The van der Waals surface area contributed by atoms with Gasteiger partial charge in [0.2, 0.25) is 15.9 Å². The van der Waals surface area contributed by atoms with Crippen molar-refractivity contribution in [3.8, 4) is 0 Å². The second-order valence-corrected chi connectivity index (χ2v) is 9.26. The molecule has 1 aromatic rings. The molecule has 146 valence electrons. The van der Waals surface area contributed by atoms with E-state index in [2.05, 4.69) is 5.32 Å². The molecule has 0 aromatic heterocycles. The fourth-order valence-electron chi connectivity index (χ4n) is 2.86. The van der Waals surface area contributed by atoms with Crippen LogP contribution in [0, 0.1) is 11.6 Å². The van der Waals surface area contributed by atoms with Crippen LogP contribution in [0.3, 0.4) is 0 Å². The van der Waals surface area contributed by atoms with Gasteiger partial charge in [-0.1, -0.05) is 6.07 Å². The highest BCUT2D eigenvalue weighted by atomic mass is 32.2. The molecular formula is C17H25F2N3O3S. The predicted molar refractivity (Wildman–Crippen MR) is 94.1 cm³/mol. The Morgan fingerprint density at radius 3 is 2.31 bits per heavy atom. The van der Waals surface area contributed by atoms with Crippen molar-refractivity contribution in [2.45, 2.75) is 37.6 Å². The first-order valence-electron chi connectivity index (χ1n) is 8.48. The van der Waals surface area contributed by atoms with E-state index in [1.165, 1.54) is 0 Å². The van der Waals surface area contributed by atoms with Gasteiger partial charge in [0, 0.05) is 25.2 Å². The van der Waals surface area contributed by atoms with Gasteiger partial charge in [0.15, 0.2) is 4.90 Å². The smallest absolute Gasteiger partial charge is 0.248 e. The third-order valence-electron chi connectivity index (χ3n) is 3.95. The number of halogens is 2. The lowest BCUT2D eigenvalue weighted by atomic mass is 10.1. The zero-order chi connectivity index (χ0) is 19.5. The molecule has 26 heavy (non-hydrogen) atoms. The van der Waals surface area contributed by atoms with Crippen LogP contribution in [-0.4, -0.2) is 61.8 Å². The quantitative estimate of drug-likeness (QED) is 0.849. The SMILES string of the molecule is CC(C)(C)NC(=O)CN1CCCN(S(=O)(=O)c2c(F)cccc2F)CC1. The number of carbonyl (C=O) groups is 1. The molecule has 0 atom stereocenters. The van der Waals surface area contributed by atoms with E-state index in [4.69, 9.17) is 0 Å². The van der Waals surface area contributed by atoms with Gasteiger partial charge in [0.05, 0.1) is 6.54 Å². The van der Waals surface area contributed by atoms with E-state index in [0.29, 0.717) is 19.5 Å². The molecule has 0 radical (unpaired) electrons. The average molecular weight is 389 g/mol. The molecule has 2 rings (SSSR count). The maximum atomic E-state index is 13.9. The first kappa shape index (κ1) is 20.7. The molecule has 1 amide bonds. The molecule has 1 fully saturated rings. The Labute approximate surface area is 153 Å². The molecule has 0 bridgehead atoms. The topological polar surface area (TPSA) is 69.7 Å². The normalized spacial score (nSPS) is 17.7. The number of hydrogen-bond donors (Lipinski definition) is 1. The molecule has 1 N–H and O–H groups in total. The number of hydrogen-bond acceptors (Lipinski definition) is 4. The third-order valence-corrected chi connectivity index (χ3v) is 5.90. The van der Waals surface area contributed by atoms with E-state index in [9.17, 15) is 22.0 Å². The summed E-state index contributed by atoms with van der Waals surface area (Å²) in [5, 5.41) is 2.86. The van der Waals surface area contributed by atoms with E-state index >= 15 is 0 Å². The first-order chi connectivity index (χ1) is 12.0. The van der Waals surface area contributed by atoms with Crippen LogP contribution < -0.4 is 5.32 Å². The van der Waals surface area contributed by atoms with Gasteiger partial charge in [-0.3, -0.25) is 9.69 Å². The van der Waals surface area contributed by atoms with Crippen LogP contribution in [0.4, 0.5) is 8.78 Å². The van der Waals surface area contributed by atoms with Gasteiger partial charge >= 0.3 is 0 Å². The Kier molecular flexibility index (Phi) is 6.36. The zero-order valence-electron chi connectivity index (χ0n) is 15.3. The minimum atomic E-state index is -4.27. The molecule has 0 unspecified atom stereocenters. The fraction of sp³-hybridized carbons (Fsp3) is 0.588. The summed E-state index contributed by atoms with van der Waals surface area (Å²) in [5.74, 6) is -2.35. The lowest BCUT2D eigenvalue weighted by molar-refractivity contribution is -0.123. The van der Waals surface area contributed by atoms with Gasteiger partial charge in [-0.05, 0) is 45.9 Å². The van der Waals surface area contributed by atoms with E-state index in [1.54, 1.807) is 0 Å². The Morgan fingerprint density at radius 2 is 1.73 bits per heavy atom. The van der Waals surface area contributed by atoms with E-state index in [-0.39, 0.29) is 31.1 Å². The van der Waals surface area contributed by atoms with Gasteiger partial charge in [-0.2, -0.15) is 4.31 Å². The van der Waals surface area contributed by atoms with Crippen molar-refractivity contribution >= 4 is 15.9 Å². The van der Waals surface area contributed by atoms with E-state index < -0.39 is 26.6 Å². The number of sulfonamides is 1. The highest BCUT2D eigenvalue weighted by Crippen LogP contribution is 2.23. The summed E-state index contributed by atoms with van der Waals surface area (Å²) in [5.41, 5.74) is -0.347. The Balaban J connectivity index is 2.07. The summed E-state index contributed by atoms with van der Waals surface area (Å²) in [6.45, 7) is 6.85. The maximum Gasteiger partial charge on any atom is 0.248 e. The summed E-state index contributed by atoms with van der Waals surface area (Å²) in [7, 11) is -4.27. The molecule has 1 aromatic carbocycles. The third kappa shape index (κ3) is 5.21. The minimum absolute atomic E-state index is 0.0684. The summed E-state index contributed by atoms with van der Waals surface area (Å²) in [6.07, 6.45) is 0.470. The van der Waals surface area contributed by atoms with Crippen LogP contribution in [-0.2, 0) is 14.8 Å². The second-order valence-electron chi connectivity index (χ2n) is 7.38. The van der Waals surface area contributed by atoms with E-state index in [0.717, 1.165) is 22.5 Å². The molecule has 0 saturated carbocycles. The summed E-state index contributed by atoms with van der Waals surface area (Å²) >= 11 is 0. The molecule has 1 aliphatic rings. The molecule has 1 aliphatic heterocycles. The van der Waals surface area contributed by atoms with Crippen molar-refractivity contribution in [2.24, 2.45) is 0 Å².